The van der Waals surface area contributed by atoms with Crippen LogP contribution in [0.2, 0.25) is 0 Å². The van der Waals surface area contributed by atoms with Crippen LogP contribution in [0.3, 0.4) is 0 Å². The lowest BCUT2D eigenvalue weighted by Crippen LogP contribution is -2.44. The SMILES string of the molecule is COc1cc(C)c(/C=C2\SC(=O)N(CC(=O)N3CCc4ccccc4C3)C2=O)cc1C(C)C. The van der Waals surface area contributed by atoms with Gasteiger partial charge < -0.3 is 9.64 Å². The number of imide groups is 1. The van der Waals surface area contributed by atoms with Crippen LogP contribution in [-0.2, 0) is 22.6 Å². The Bertz CT molecular complexity index is 1150. The molecule has 0 aliphatic carbocycles. The first kappa shape index (κ1) is 23.1. The van der Waals surface area contributed by atoms with Crippen LogP contribution in [0.15, 0.2) is 41.3 Å². The zero-order chi connectivity index (χ0) is 23.7. The molecule has 0 aromatic heterocycles. The van der Waals surface area contributed by atoms with Gasteiger partial charge in [-0.1, -0.05) is 38.1 Å². The number of carbonyl (C=O) groups is 3. The molecule has 2 heterocycles. The third-order valence-electron chi connectivity index (χ3n) is 6.18. The van der Waals surface area contributed by atoms with Gasteiger partial charge in [0.15, 0.2) is 0 Å². The average Bonchev–Trinajstić information content (AvgIpc) is 3.06. The Kier molecular flexibility index (Phi) is 6.61. The summed E-state index contributed by atoms with van der Waals surface area (Å²) in [5.41, 5.74) is 5.21. The van der Waals surface area contributed by atoms with Crippen LogP contribution in [0.4, 0.5) is 4.79 Å². The fourth-order valence-corrected chi connectivity index (χ4v) is 5.05. The Morgan fingerprint density at radius 3 is 2.61 bits per heavy atom. The van der Waals surface area contributed by atoms with E-state index in [1.165, 1.54) is 5.56 Å². The summed E-state index contributed by atoms with van der Waals surface area (Å²) < 4.78 is 5.49. The molecule has 1 fully saturated rings. The monoisotopic (exact) mass is 464 g/mol. The van der Waals surface area contributed by atoms with Crippen LogP contribution in [0, 0.1) is 6.92 Å². The van der Waals surface area contributed by atoms with Gasteiger partial charge in [0.25, 0.3) is 11.1 Å². The van der Waals surface area contributed by atoms with Crippen LogP contribution >= 0.6 is 11.8 Å². The summed E-state index contributed by atoms with van der Waals surface area (Å²) in [6, 6.07) is 12.0. The highest BCUT2D eigenvalue weighted by molar-refractivity contribution is 8.18. The van der Waals surface area contributed by atoms with E-state index in [0.717, 1.165) is 51.1 Å². The van der Waals surface area contributed by atoms with Crippen molar-refractivity contribution in [3.8, 4) is 5.75 Å². The normalized spacial score (nSPS) is 17.2. The van der Waals surface area contributed by atoms with Crippen molar-refractivity contribution in [3.05, 3.63) is 69.1 Å². The van der Waals surface area contributed by atoms with E-state index in [4.69, 9.17) is 4.74 Å². The summed E-state index contributed by atoms with van der Waals surface area (Å²) in [4.78, 5) is 41.6. The summed E-state index contributed by atoms with van der Waals surface area (Å²) in [6.07, 6.45) is 2.52. The lowest BCUT2D eigenvalue weighted by Gasteiger charge is -2.29. The maximum Gasteiger partial charge on any atom is 0.294 e. The van der Waals surface area contributed by atoms with Crippen molar-refractivity contribution in [2.45, 2.75) is 39.7 Å². The zero-order valence-corrected chi connectivity index (χ0v) is 20.2. The smallest absolute Gasteiger partial charge is 0.294 e. The second kappa shape index (κ2) is 9.43. The maximum atomic E-state index is 13.0. The minimum absolute atomic E-state index is 0.212. The highest BCUT2D eigenvalue weighted by atomic mass is 32.2. The topological polar surface area (TPSA) is 66.9 Å². The Morgan fingerprint density at radius 1 is 1.18 bits per heavy atom. The van der Waals surface area contributed by atoms with Crippen molar-refractivity contribution >= 4 is 34.9 Å². The fourth-order valence-electron chi connectivity index (χ4n) is 4.22. The first-order chi connectivity index (χ1) is 15.8. The molecule has 2 aliphatic heterocycles. The predicted molar refractivity (Wildman–Crippen MR) is 130 cm³/mol. The molecule has 0 atom stereocenters. The molecule has 4 rings (SSSR count). The van der Waals surface area contributed by atoms with E-state index in [9.17, 15) is 14.4 Å². The van der Waals surface area contributed by atoms with Crippen molar-refractivity contribution in [1.82, 2.24) is 9.80 Å². The van der Waals surface area contributed by atoms with Gasteiger partial charge in [-0.3, -0.25) is 19.3 Å². The molecule has 0 radical (unpaired) electrons. The van der Waals surface area contributed by atoms with E-state index in [1.54, 1.807) is 18.1 Å². The molecule has 1 saturated heterocycles. The molecule has 2 aromatic carbocycles. The number of rotatable bonds is 5. The van der Waals surface area contributed by atoms with E-state index in [1.807, 2.05) is 37.3 Å². The van der Waals surface area contributed by atoms with Crippen molar-refractivity contribution in [2.24, 2.45) is 0 Å². The van der Waals surface area contributed by atoms with Gasteiger partial charge in [0.2, 0.25) is 5.91 Å². The number of fused-ring (bicyclic) bond motifs is 1. The summed E-state index contributed by atoms with van der Waals surface area (Å²) in [5.74, 6) is 0.421. The second-order valence-corrected chi connectivity index (χ2v) is 9.70. The summed E-state index contributed by atoms with van der Waals surface area (Å²) in [7, 11) is 1.64. The van der Waals surface area contributed by atoms with Gasteiger partial charge in [-0.15, -0.1) is 0 Å². The number of ether oxygens (including phenoxy) is 1. The molecule has 0 N–H and O–H groups in total. The van der Waals surface area contributed by atoms with Crippen molar-refractivity contribution in [2.75, 3.05) is 20.2 Å². The van der Waals surface area contributed by atoms with Crippen LogP contribution in [0.1, 0.15) is 47.6 Å². The van der Waals surface area contributed by atoms with Crippen molar-refractivity contribution in [1.29, 1.82) is 0 Å². The number of amides is 3. The lowest BCUT2D eigenvalue weighted by atomic mass is 9.96. The van der Waals surface area contributed by atoms with Gasteiger partial charge in [0.1, 0.15) is 12.3 Å². The number of hydrogen-bond donors (Lipinski definition) is 0. The molecular weight excluding hydrogens is 436 g/mol. The first-order valence-corrected chi connectivity index (χ1v) is 11.9. The maximum absolute atomic E-state index is 13.0. The number of thioether (sulfide) groups is 1. The van der Waals surface area contributed by atoms with Crippen LogP contribution in [-0.4, -0.2) is 47.1 Å². The van der Waals surface area contributed by atoms with Crippen LogP contribution < -0.4 is 4.74 Å². The number of carbonyl (C=O) groups excluding carboxylic acids is 3. The summed E-state index contributed by atoms with van der Waals surface area (Å²) in [6.45, 7) is 6.96. The predicted octanol–water partition coefficient (Wildman–Crippen LogP) is 4.75. The second-order valence-electron chi connectivity index (χ2n) is 8.71. The molecular formula is C26H28N2O4S. The highest BCUT2D eigenvalue weighted by Crippen LogP contribution is 2.35. The zero-order valence-electron chi connectivity index (χ0n) is 19.4. The minimum Gasteiger partial charge on any atom is -0.496 e. The third kappa shape index (κ3) is 4.69. The third-order valence-corrected chi connectivity index (χ3v) is 7.08. The van der Waals surface area contributed by atoms with Crippen LogP contribution in [0.25, 0.3) is 6.08 Å². The standard InChI is InChI=1S/C26H28N2O4S/c1-16(2)21-12-20(17(3)11-22(21)32-4)13-23-25(30)28(26(31)33-23)15-24(29)27-10-9-18-7-5-6-8-19(18)14-27/h5-8,11-13,16H,9-10,14-15H2,1-4H3/b23-13-. The lowest BCUT2D eigenvalue weighted by molar-refractivity contribution is -0.136. The van der Waals surface area contributed by atoms with E-state index in [0.29, 0.717) is 18.0 Å². The molecule has 2 aliphatic rings. The number of aryl methyl sites for hydroxylation is 1. The quantitative estimate of drug-likeness (QED) is 0.598. The molecule has 7 heteroatoms. The Labute approximate surface area is 198 Å². The number of benzene rings is 2. The fraction of sp³-hybridized carbons (Fsp3) is 0.346. The van der Waals surface area contributed by atoms with Crippen molar-refractivity contribution in [3.63, 3.8) is 0 Å². The van der Waals surface area contributed by atoms with Gasteiger partial charge in [0.05, 0.1) is 12.0 Å². The molecule has 3 amide bonds. The van der Waals surface area contributed by atoms with Gasteiger partial charge in [-0.05, 0) is 77.1 Å². The Balaban J connectivity index is 1.51. The number of methoxy groups -OCH3 is 1. The molecule has 0 bridgehead atoms. The Hall–Kier alpha value is -3.06. The number of nitrogens with zero attached hydrogens (tertiary/aromatic N) is 2. The summed E-state index contributed by atoms with van der Waals surface area (Å²) >= 11 is 0.883. The largest absolute Gasteiger partial charge is 0.496 e. The molecule has 0 unspecified atom stereocenters. The molecule has 6 nitrogen and oxygen atoms in total. The molecule has 172 valence electrons. The molecule has 0 saturated carbocycles. The summed E-state index contributed by atoms with van der Waals surface area (Å²) in [5, 5.41) is -0.410. The Morgan fingerprint density at radius 2 is 1.91 bits per heavy atom. The van der Waals surface area contributed by atoms with E-state index in [-0.39, 0.29) is 18.4 Å². The van der Waals surface area contributed by atoms with E-state index >= 15 is 0 Å². The van der Waals surface area contributed by atoms with Crippen LogP contribution in [0.5, 0.6) is 5.75 Å². The van der Waals surface area contributed by atoms with Gasteiger partial charge in [-0.2, -0.15) is 0 Å². The van der Waals surface area contributed by atoms with Gasteiger partial charge in [-0.25, -0.2) is 0 Å². The van der Waals surface area contributed by atoms with E-state index in [2.05, 4.69) is 19.9 Å². The first-order valence-electron chi connectivity index (χ1n) is 11.1. The van der Waals surface area contributed by atoms with Crippen molar-refractivity contribution < 1.29 is 19.1 Å². The van der Waals surface area contributed by atoms with E-state index < -0.39 is 11.1 Å². The van der Waals surface area contributed by atoms with Gasteiger partial charge >= 0.3 is 0 Å². The minimum atomic E-state index is -0.419. The molecule has 2 aromatic rings. The highest BCUT2D eigenvalue weighted by Gasteiger charge is 2.37. The molecule has 33 heavy (non-hydrogen) atoms. The van der Waals surface area contributed by atoms with Gasteiger partial charge in [0, 0.05) is 13.1 Å². The molecule has 0 spiro atoms. The number of hydrogen-bond acceptors (Lipinski definition) is 5. The average molecular weight is 465 g/mol.